The number of carbonyl (C=O) groups is 1. The fraction of sp³-hybridized carbons (Fsp3) is 0.286. The van der Waals surface area contributed by atoms with E-state index < -0.39 is 0 Å². The van der Waals surface area contributed by atoms with Gasteiger partial charge >= 0.3 is 0 Å². The van der Waals surface area contributed by atoms with E-state index in [9.17, 15) is 4.79 Å². The second-order valence-electron chi connectivity index (χ2n) is 6.49. The minimum Gasteiger partial charge on any atom is -0.497 e. The first kappa shape index (κ1) is 18.0. The number of anilines is 1. The number of ether oxygens (including phenoxy) is 2. The van der Waals surface area contributed by atoms with Crippen molar-refractivity contribution in [1.29, 1.82) is 0 Å². The molecule has 1 aliphatic heterocycles. The van der Waals surface area contributed by atoms with E-state index in [4.69, 9.17) is 14.0 Å². The molecule has 1 aliphatic rings. The number of nitrogens with zero attached hydrogens (tertiary/aromatic N) is 3. The molecule has 1 saturated heterocycles. The standard InChI is InChI=1S/C21H21N3O4/c1-3-27-18-7-5-4-6-17(18)21-22-20(23-28-21)14-12-19(25)24(13-14)15-8-10-16(26-2)11-9-15/h4-11,14H,3,12-13H2,1-2H3. The maximum absolute atomic E-state index is 12.5. The summed E-state index contributed by atoms with van der Waals surface area (Å²) in [5.41, 5.74) is 1.58. The topological polar surface area (TPSA) is 77.7 Å². The van der Waals surface area contributed by atoms with E-state index in [1.165, 1.54) is 0 Å². The van der Waals surface area contributed by atoms with E-state index in [2.05, 4.69) is 10.1 Å². The normalized spacial score (nSPS) is 16.4. The highest BCUT2D eigenvalue weighted by Gasteiger charge is 2.34. The molecule has 2 heterocycles. The van der Waals surface area contributed by atoms with Gasteiger partial charge in [-0.05, 0) is 43.3 Å². The lowest BCUT2D eigenvalue weighted by Crippen LogP contribution is -2.24. The lowest BCUT2D eigenvalue weighted by Gasteiger charge is -2.16. The van der Waals surface area contributed by atoms with Gasteiger partial charge in [-0.25, -0.2) is 0 Å². The number of methoxy groups -OCH3 is 1. The largest absolute Gasteiger partial charge is 0.497 e. The zero-order valence-electron chi connectivity index (χ0n) is 15.8. The molecule has 1 unspecified atom stereocenters. The molecular formula is C21H21N3O4. The van der Waals surface area contributed by atoms with E-state index >= 15 is 0 Å². The Bertz CT molecular complexity index is 968. The van der Waals surface area contributed by atoms with Crippen LogP contribution in [0.25, 0.3) is 11.5 Å². The van der Waals surface area contributed by atoms with Crippen molar-refractivity contribution in [3.05, 3.63) is 54.4 Å². The van der Waals surface area contributed by atoms with Crippen molar-refractivity contribution in [3.63, 3.8) is 0 Å². The van der Waals surface area contributed by atoms with Crippen molar-refractivity contribution in [2.75, 3.05) is 25.2 Å². The summed E-state index contributed by atoms with van der Waals surface area (Å²) in [6, 6.07) is 15.0. The average Bonchev–Trinajstić information content (AvgIpc) is 3.36. The maximum Gasteiger partial charge on any atom is 0.261 e. The Morgan fingerprint density at radius 3 is 2.71 bits per heavy atom. The van der Waals surface area contributed by atoms with Crippen molar-refractivity contribution in [3.8, 4) is 23.0 Å². The first-order valence-electron chi connectivity index (χ1n) is 9.19. The van der Waals surface area contributed by atoms with Gasteiger partial charge in [0.1, 0.15) is 11.5 Å². The molecule has 144 valence electrons. The number of amides is 1. The van der Waals surface area contributed by atoms with Gasteiger partial charge in [0, 0.05) is 24.6 Å². The summed E-state index contributed by atoms with van der Waals surface area (Å²) in [7, 11) is 1.61. The molecule has 1 amide bonds. The van der Waals surface area contributed by atoms with Crippen LogP contribution in [0, 0.1) is 0 Å². The van der Waals surface area contributed by atoms with Crippen LogP contribution in [-0.2, 0) is 4.79 Å². The van der Waals surface area contributed by atoms with E-state index in [1.807, 2.05) is 55.5 Å². The van der Waals surface area contributed by atoms with E-state index in [0.717, 1.165) is 17.0 Å². The maximum atomic E-state index is 12.5. The van der Waals surface area contributed by atoms with Crippen LogP contribution in [0.5, 0.6) is 11.5 Å². The van der Waals surface area contributed by atoms with Gasteiger partial charge in [0.25, 0.3) is 5.89 Å². The van der Waals surface area contributed by atoms with Crippen LogP contribution >= 0.6 is 0 Å². The SMILES string of the molecule is CCOc1ccccc1-c1nc(C2CC(=O)N(c3ccc(OC)cc3)C2)no1. The molecule has 1 fully saturated rings. The van der Waals surface area contributed by atoms with Crippen molar-refractivity contribution < 1.29 is 18.8 Å². The molecule has 0 N–H and O–H groups in total. The van der Waals surface area contributed by atoms with Gasteiger partial charge in [0.2, 0.25) is 5.91 Å². The molecule has 1 atom stereocenters. The predicted molar refractivity (Wildman–Crippen MR) is 104 cm³/mol. The van der Waals surface area contributed by atoms with Crippen LogP contribution in [0.3, 0.4) is 0 Å². The number of hydrogen-bond acceptors (Lipinski definition) is 6. The fourth-order valence-electron chi connectivity index (χ4n) is 3.33. The lowest BCUT2D eigenvalue weighted by atomic mass is 10.1. The van der Waals surface area contributed by atoms with E-state index in [-0.39, 0.29) is 11.8 Å². The number of aromatic nitrogens is 2. The Morgan fingerprint density at radius 2 is 1.96 bits per heavy atom. The number of para-hydroxylation sites is 1. The summed E-state index contributed by atoms with van der Waals surface area (Å²) in [4.78, 5) is 18.8. The van der Waals surface area contributed by atoms with Crippen molar-refractivity contribution in [1.82, 2.24) is 10.1 Å². The molecule has 2 aromatic carbocycles. The minimum absolute atomic E-state index is 0.0382. The Hall–Kier alpha value is -3.35. The van der Waals surface area contributed by atoms with Crippen LogP contribution in [0.2, 0.25) is 0 Å². The van der Waals surface area contributed by atoms with Gasteiger partial charge in [0.15, 0.2) is 5.82 Å². The molecular weight excluding hydrogens is 358 g/mol. The second-order valence-corrected chi connectivity index (χ2v) is 6.49. The Balaban J connectivity index is 1.54. The van der Waals surface area contributed by atoms with Gasteiger partial charge < -0.3 is 18.9 Å². The van der Waals surface area contributed by atoms with Crippen LogP contribution in [0.4, 0.5) is 5.69 Å². The summed E-state index contributed by atoms with van der Waals surface area (Å²) in [6.07, 6.45) is 0.345. The molecule has 7 heteroatoms. The van der Waals surface area contributed by atoms with Crippen molar-refractivity contribution in [2.45, 2.75) is 19.3 Å². The molecule has 0 bridgehead atoms. The molecule has 4 rings (SSSR count). The predicted octanol–water partition coefficient (Wildman–Crippen LogP) is 3.66. The number of carbonyl (C=O) groups excluding carboxylic acids is 1. The summed E-state index contributed by atoms with van der Waals surface area (Å²) < 4.78 is 16.3. The molecule has 1 aromatic heterocycles. The number of hydrogen-bond donors (Lipinski definition) is 0. The van der Waals surface area contributed by atoms with Crippen LogP contribution in [0.15, 0.2) is 53.1 Å². The summed E-state index contributed by atoms with van der Waals surface area (Å²) >= 11 is 0. The summed E-state index contributed by atoms with van der Waals surface area (Å²) in [5, 5.41) is 4.13. The molecule has 0 radical (unpaired) electrons. The molecule has 7 nitrogen and oxygen atoms in total. The van der Waals surface area contributed by atoms with Gasteiger partial charge in [-0.3, -0.25) is 4.79 Å². The van der Waals surface area contributed by atoms with Crippen molar-refractivity contribution in [2.24, 2.45) is 0 Å². The number of rotatable bonds is 6. The fourth-order valence-corrected chi connectivity index (χ4v) is 3.33. The quantitative estimate of drug-likeness (QED) is 0.650. The summed E-state index contributed by atoms with van der Waals surface area (Å²) in [5.74, 6) is 2.30. The monoisotopic (exact) mass is 379 g/mol. The van der Waals surface area contributed by atoms with E-state index in [0.29, 0.717) is 37.0 Å². The van der Waals surface area contributed by atoms with Gasteiger partial charge in [-0.2, -0.15) is 4.98 Å². The third-order valence-electron chi connectivity index (χ3n) is 4.73. The van der Waals surface area contributed by atoms with Crippen molar-refractivity contribution >= 4 is 11.6 Å². The van der Waals surface area contributed by atoms with Crippen LogP contribution in [0.1, 0.15) is 25.1 Å². The van der Waals surface area contributed by atoms with E-state index in [1.54, 1.807) is 12.0 Å². The zero-order chi connectivity index (χ0) is 19.5. The third-order valence-corrected chi connectivity index (χ3v) is 4.73. The Kier molecular flexibility index (Phi) is 4.97. The van der Waals surface area contributed by atoms with Crippen LogP contribution in [-0.4, -0.2) is 36.3 Å². The minimum atomic E-state index is -0.119. The molecule has 0 saturated carbocycles. The molecule has 28 heavy (non-hydrogen) atoms. The lowest BCUT2D eigenvalue weighted by molar-refractivity contribution is -0.117. The summed E-state index contributed by atoms with van der Waals surface area (Å²) in [6.45, 7) is 2.98. The molecule has 3 aromatic rings. The second kappa shape index (κ2) is 7.72. The van der Waals surface area contributed by atoms with Gasteiger partial charge in [-0.15, -0.1) is 0 Å². The number of benzene rings is 2. The molecule has 0 aliphatic carbocycles. The molecule has 0 spiro atoms. The Morgan fingerprint density at radius 1 is 1.18 bits per heavy atom. The highest BCUT2D eigenvalue weighted by molar-refractivity contribution is 5.96. The third kappa shape index (κ3) is 3.43. The smallest absolute Gasteiger partial charge is 0.261 e. The van der Waals surface area contributed by atoms with Crippen LogP contribution < -0.4 is 14.4 Å². The first-order chi connectivity index (χ1) is 13.7. The first-order valence-corrected chi connectivity index (χ1v) is 9.19. The average molecular weight is 379 g/mol. The Labute approximate surface area is 162 Å². The van der Waals surface area contributed by atoms with Gasteiger partial charge in [-0.1, -0.05) is 17.3 Å². The van der Waals surface area contributed by atoms with Gasteiger partial charge in [0.05, 0.1) is 19.3 Å². The highest BCUT2D eigenvalue weighted by Crippen LogP contribution is 2.34. The highest BCUT2D eigenvalue weighted by atomic mass is 16.5. The zero-order valence-corrected chi connectivity index (χ0v) is 15.8.